The average molecular weight is 211 g/mol. The van der Waals surface area contributed by atoms with E-state index in [1.54, 1.807) is 13.0 Å². The molecule has 1 rings (SSSR count). The van der Waals surface area contributed by atoms with Gasteiger partial charge in [0.05, 0.1) is 25.4 Å². The molecule has 0 aromatic carbocycles. The molecule has 5 heteroatoms. The number of ether oxygens (including phenoxy) is 1. The van der Waals surface area contributed by atoms with Gasteiger partial charge in [-0.15, -0.1) is 0 Å². The van der Waals surface area contributed by atoms with E-state index in [9.17, 15) is 9.59 Å². The Hall–Kier alpha value is -1.78. The van der Waals surface area contributed by atoms with Crippen molar-refractivity contribution in [3.63, 3.8) is 0 Å². The molecule has 0 fully saturated rings. The summed E-state index contributed by atoms with van der Waals surface area (Å²) in [5.41, 5.74) is 0.486. The first-order valence-electron chi connectivity index (χ1n) is 4.54. The molecule has 0 bridgehead atoms. The second-order valence-electron chi connectivity index (χ2n) is 2.97. The zero-order chi connectivity index (χ0) is 11.3. The van der Waals surface area contributed by atoms with E-state index in [-0.39, 0.29) is 24.8 Å². The number of furan rings is 1. The number of esters is 1. The van der Waals surface area contributed by atoms with Crippen LogP contribution in [0.15, 0.2) is 16.7 Å². The van der Waals surface area contributed by atoms with Gasteiger partial charge in [0.15, 0.2) is 0 Å². The summed E-state index contributed by atoms with van der Waals surface area (Å²) in [6, 6.07) is 1.59. The van der Waals surface area contributed by atoms with Crippen molar-refractivity contribution in [3.8, 4) is 0 Å². The zero-order valence-corrected chi connectivity index (χ0v) is 8.70. The maximum absolute atomic E-state index is 11.5. The Kier molecular flexibility index (Phi) is 3.91. The Morgan fingerprint density at radius 3 is 2.80 bits per heavy atom. The fourth-order valence-corrected chi connectivity index (χ4v) is 1.10. The quantitative estimate of drug-likeness (QED) is 0.750. The minimum atomic E-state index is -0.348. The summed E-state index contributed by atoms with van der Waals surface area (Å²) in [5, 5.41) is 2.59. The molecule has 1 amide bonds. The molecule has 0 saturated carbocycles. The summed E-state index contributed by atoms with van der Waals surface area (Å²) in [4.78, 5) is 22.2. The minimum absolute atomic E-state index is 0.166. The topological polar surface area (TPSA) is 68.5 Å². The van der Waals surface area contributed by atoms with E-state index in [0.717, 1.165) is 0 Å². The standard InChI is InChI=1S/C10H13NO4/c1-7-8(4-6-15-7)10(13)11-5-3-9(12)14-2/h4,6H,3,5H2,1-2H3,(H,11,13). The van der Waals surface area contributed by atoms with Gasteiger partial charge in [0.1, 0.15) is 5.76 Å². The van der Waals surface area contributed by atoms with Gasteiger partial charge in [0, 0.05) is 6.54 Å². The van der Waals surface area contributed by atoms with E-state index in [0.29, 0.717) is 11.3 Å². The predicted octanol–water partition coefficient (Wildman–Crippen LogP) is 0.881. The maximum atomic E-state index is 11.5. The van der Waals surface area contributed by atoms with Crippen LogP contribution in [-0.4, -0.2) is 25.5 Å². The Balaban J connectivity index is 2.38. The van der Waals surface area contributed by atoms with Gasteiger partial charge in [-0.05, 0) is 13.0 Å². The van der Waals surface area contributed by atoms with Crippen LogP contribution in [0.25, 0.3) is 0 Å². The van der Waals surface area contributed by atoms with Crippen LogP contribution in [0.5, 0.6) is 0 Å². The van der Waals surface area contributed by atoms with E-state index < -0.39 is 0 Å². The van der Waals surface area contributed by atoms with Gasteiger partial charge in [-0.2, -0.15) is 0 Å². The van der Waals surface area contributed by atoms with E-state index in [4.69, 9.17) is 4.42 Å². The molecule has 15 heavy (non-hydrogen) atoms. The highest BCUT2D eigenvalue weighted by atomic mass is 16.5. The molecule has 0 spiro atoms. The first kappa shape index (κ1) is 11.3. The lowest BCUT2D eigenvalue weighted by atomic mass is 10.2. The number of aryl methyl sites for hydroxylation is 1. The largest absolute Gasteiger partial charge is 0.469 e. The van der Waals surface area contributed by atoms with Crippen LogP contribution < -0.4 is 5.32 Å². The van der Waals surface area contributed by atoms with E-state index >= 15 is 0 Å². The van der Waals surface area contributed by atoms with Gasteiger partial charge in [-0.1, -0.05) is 0 Å². The van der Waals surface area contributed by atoms with Crippen molar-refractivity contribution in [1.82, 2.24) is 5.32 Å². The summed E-state index contributed by atoms with van der Waals surface area (Å²) in [6.45, 7) is 1.96. The first-order chi connectivity index (χ1) is 7.15. The summed E-state index contributed by atoms with van der Waals surface area (Å²) in [5.74, 6) is -0.0325. The third-order valence-corrected chi connectivity index (χ3v) is 1.95. The SMILES string of the molecule is COC(=O)CCNC(=O)c1ccoc1C. The molecule has 0 aliphatic rings. The summed E-state index contributed by atoms with van der Waals surface area (Å²) in [7, 11) is 1.31. The number of hydrogen-bond acceptors (Lipinski definition) is 4. The van der Waals surface area contributed by atoms with Crippen LogP contribution in [0.2, 0.25) is 0 Å². The van der Waals surface area contributed by atoms with E-state index in [1.807, 2.05) is 0 Å². The van der Waals surface area contributed by atoms with Crippen molar-refractivity contribution in [3.05, 3.63) is 23.7 Å². The molecular formula is C10H13NO4. The minimum Gasteiger partial charge on any atom is -0.469 e. The van der Waals surface area contributed by atoms with Crippen molar-refractivity contribution >= 4 is 11.9 Å². The van der Waals surface area contributed by atoms with E-state index in [1.165, 1.54) is 13.4 Å². The second kappa shape index (κ2) is 5.19. The third-order valence-electron chi connectivity index (χ3n) is 1.95. The van der Waals surface area contributed by atoms with E-state index in [2.05, 4.69) is 10.1 Å². The van der Waals surface area contributed by atoms with Crippen LogP contribution in [0.3, 0.4) is 0 Å². The normalized spacial score (nSPS) is 9.73. The number of hydrogen-bond donors (Lipinski definition) is 1. The molecule has 1 aromatic heterocycles. The highest BCUT2D eigenvalue weighted by molar-refractivity contribution is 5.95. The van der Waals surface area contributed by atoms with Crippen molar-refractivity contribution in [2.24, 2.45) is 0 Å². The molecule has 1 N–H and O–H groups in total. The number of nitrogens with one attached hydrogen (secondary N) is 1. The van der Waals surface area contributed by atoms with Crippen molar-refractivity contribution in [1.29, 1.82) is 0 Å². The maximum Gasteiger partial charge on any atom is 0.307 e. The second-order valence-corrected chi connectivity index (χ2v) is 2.97. The fraction of sp³-hybridized carbons (Fsp3) is 0.400. The molecule has 0 aliphatic heterocycles. The number of methoxy groups -OCH3 is 1. The van der Waals surface area contributed by atoms with Gasteiger partial charge in [-0.3, -0.25) is 9.59 Å². The summed E-state index contributed by atoms with van der Waals surface area (Å²) in [6.07, 6.45) is 1.61. The van der Waals surface area contributed by atoms with Gasteiger partial charge < -0.3 is 14.5 Å². The fourth-order valence-electron chi connectivity index (χ4n) is 1.10. The lowest BCUT2D eigenvalue weighted by Gasteiger charge is -2.02. The lowest BCUT2D eigenvalue weighted by Crippen LogP contribution is -2.26. The molecule has 0 unspecified atom stereocenters. The van der Waals surface area contributed by atoms with Crippen LogP contribution in [0.4, 0.5) is 0 Å². The van der Waals surface area contributed by atoms with Crippen LogP contribution in [0, 0.1) is 6.92 Å². The van der Waals surface area contributed by atoms with Crippen LogP contribution >= 0.6 is 0 Å². The average Bonchev–Trinajstić information content (AvgIpc) is 2.64. The van der Waals surface area contributed by atoms with Gasteiger partial charge in [0.2, 0.25) is 0 Å². The lowest BCUT2D eigenvalue weighted by molar-refractivity contribution is -0.140. The van der Waals surface area contributed by atoms with Crippen LogP contribution in [-0.2, 0) is 9.53 Å². The molecular weight excluding hydrogens is 198 g/mol. The molecule has 5 nitrogen and oxygen atoms in total. The smallest absolute Gasteiger partial charge is 0.307 e. The molecule has 0 radical (unpaired) electrons. The number of rotatable bonds is 4. The summed E-state index contributed by atoms with van der Waals surface area (Å²) < 4.78 is 9.42. The molecule has 1 aromatic rings. The Morgan fingerprint density at radius 1 is 1.53 bits per heavy atom. The number of carbonyl (C=O) groups excluding carboxylic acids is 2. The summed E-state index contributed by atoms with van der Waals surface area (Å²) >= 11 is 0. The Labute approximate surface area is 87.4 Å². The van der Waals surface area contributed by atoms with Crippen molar-refractivity contribution in [2.75, 3.05) is 13.7 Å². The molecule has 1 heterocycles. The van der Waals surface area contributed by atoms with Crippen LogP contribution in [0.1, 0.15) is 22.5 Å². The monoisotopic (exact) mass is 211 g/mol. The van der Waals surface area contributed by atoms with Gasteiger partial charge >= 0.3 is 5.97 Å². The Morgan fingerprint density at radius 2 is 2.27 bits per heavy atom. The highest BCUT2D eigenvalue weighted by Crippen LogP contribution is 2.07. The Bertz CT molecular complexity index is 356. The third kappa shape index (κ3) is 3.12. The van der Waals surface area contributed by atoms with Gasteiger partial charge in [0.25, 0.3) is 5.91 Å². The molecule has 82 valence electrons. The molecule has 0 atom stereocenters. The first-order valence-corrected chi connectivity index (χ1v) is 4.54. The van der Waals surface area contributed by atoms with Gasteiger partial charge in [-0.25, -0.2) is 0 Å². The van der Waals surface area contributed by atoms with Crippen molar-refractivity contribution in [2.45, 2.75) is 13.3 Å². The number of amides is 1. The predicted molar refractivity (Wildman–Crippen MR) is 52.4 cm³/mol. The van der Waals surface area contributed by atoms with Crippen molar-refractivity contribution < 1.29 is 18.7 Å². The zero-order valence-electron chi connectivity index (χ0n) is 8.70. The number of carbonyl (C=O) groups is 2. The highest BCUT2D eigenvalue weighted by Gasteiger charge is 2.11. The molecule has 0 aliphatic carbocycles. The molecule has 0 saturated heterocycles.